The molecule has 0 saturated heterocycles. The Labute approximate surface area is 174 Å². The molecule has 1 aromatic carbocycles. The SMILES string of the molecule is COCCNC(=O)C(C)(C)N1CC2=C(C1=O)[C@@H](c1ccccc1Cl)NC(=O)N2C. The number of nitrogens with zero attached hydrogens (tertiary/aromatic N) is 2. The van der Waals surface area contributed by atoms with Crippen molar-refractivity contribution in [2.24, 2.45) is 0 Å². The summed E-state index contributed by atoms with van der Waals surface area (Å²) in [5.41, 5.74) is 0.525. The van der Waals surface area contributed by atoms with Crippen LogP contribution in [-0.2, 0) is 14.3 Å². The van der Waals surface area contributed by atoms with Gasteiger partial charge < -0.3 is 20.3 Å². The number of halogens is 1. The number of carbonyl (C=O) groups excluding carboxylic acids is 3. The van der Waals surface area contributed by atoms with Gasteiger partial charge in [0.15, 0.2) is 0 Å². The molecule has 0 fully saturated rings. The van der Waals surface area contributed by atoms with Crippen molar-refractivity contribution in [3.63, 3.8) is 0 Å². The Balaban J connectivity index is 1.94. The molecule has 2 heterocycles. The summed E-state index contributed by atoms with van der Waals surface area (Å²) < 4.78 is 4.96. The molecule has 0 aromatic heterocycles. The molecule has 0 spiro atoms. The number of nitrogens with one attached hydrogen (secondary N) is 2. The number of likely N-dealkylation sites (N-methyl/N-ethyl adjacent to an activating group) is 1. The van der Waals surface area contributed by atoms with Gasteiger partial charge in [0, 0.05) is 25.7 Å². The molecule has 9 heteroatoms. The Morgan fingerprint density at radius 1 is 1.34 bits per heavy atom. The van der Waals surface area contributed by atoms with Crippen LogP contribution >= 0.6 is 11.6 Å². The molecular formula is C20H25ClN4O4. The van der Waals surface area contributed by atoms with Crippen molar-refractivity contribution in [2.45, 2.75) is 25.4 Å². The molecule has 2 N–H and O–H groups in total. The first kappa shape index (κ1) is 21.1. The van der Waals surface area contributed by atoms with Crippen LogP contribution in [0.4, 0.5) is 4.79 Å². The molecule has 1 atom stereocenters. The number of benzene rings is 1. The molecule has 1 aromatic rings. The quantitative estimate of drug-likeness (QED) is 0.685. The van der Waals surface area contributed by atoms with Gasteiger partial charge in [-0.25, -0.2) is 4.79 Å². The van der Waals surface area contributed by atoms with Crippen molar-refractivity contribution >= 4 is 29.4 Å². The van der Waals surface area contributed by atoms with Crippen LogP contribution in [0.3, 0.4) is 0 Å². The van der Waals surface area contributed by atoms with Crippen LogP contribution in [-0.4, -0.2) is 67.0 Å². The number of methoxy groups -OCH3 is 1. The van der Waals surface area contributed by atoms with Crippen LogP contribution in [0.15, 0.2) is 35.5 Å². The molecule has 8 nitrogen and oxygen atoms in total. The minimum Gasteiger partial charge on any atom is -0.383 e. The Kier molecular flexibility index (Phi) is 5.86. The minimum atomic E-state index is -1.11. The zero-order valence-corrected chi connectivity index (χ0v) is 17.7. The standard InChI is InChI=1S/C20H25ClN4O4/c1-20(2,18(27)22-9-10-29-4)25-11-14-15(17(25)26)16(23-19(28)24(14)3)12-7-5-6-8-13(12)21/h5-8,16H,9-11H2,1-4H3,(H,22,27)(H,23,28)/t16-/m1/s1. The van der Waals surface area contributed by atoms with E-state index in [0.29, 0.717) is 35.0 Å². The predicted octanol–water partition coefficient (Wildman–Crippen LogP) is 1.67. The maximum atomic E-state index is 13.4. The minimum absolute atomic E-state index is 0.156. The molecule has 3 rings (SSSR count). The maximum absolute atomic E-state index is 13.4. The van der Waals surface area contributed by atoms with Crippen molar-refractivity contribution in [1.82, 2.24) is 20.4 Å². The summed E-state index contributed by atoms with van der Waals surface area (Å²) in [5, 5.41) is 6.08. The normalized spacial score (nSPS) is 19.4. The summed E-state index contributed by atoms with van der Waals surface area (Å²) in [6.45, 7) is 4.25. The highest BCUT2D eigenvalue weighted by molar-refractivity contribution is 6.31. The topological polar surface area (TPSA) is 91.0 Å². The van der Waals surface area contributed by atoms with E-state index in [0.717, 1.165) is 0 Å². The first-order chi connectivity index (χ1) is 13.7. The average Bonchev–Trinajstić information content (AvgIpc) is 3.04. The average molecular weight is 421 g/mol. The fourth-order valence-corrected chi connectivity index (χ4v) is 3.81. The molecule has 0 saturated carbocycles. The van der Waals surface area contributed by atoms with Crippen LogP contribution in [0.1, 0.15) is 25.5 Å². The summed E-state index contributed by atoms with van der Waals surface area (Å²) in [7, 11) is 3.16. The van der Waals surface area contributed by atoms with Crippen molar-refractivity contribution in [1.29, 1.82) is 0 Å². The first-order valence-electron chi connectivity index (χ1n) is 9.31. The second-order valence-electron chi connectivity index (χ2n) is 7.52. The molecule has 0 radical (unpaired) electrons. The first-order valence-corrected chi connectivity index (χ1v) is 9.68. The summed E-state index contributed by atoms with van der Waals surface area (Å²) in [6.07, 6.45) is 0. The highest BCUT2D eigenvalue weighted by atomic mass is 35.5. The van der Waals surface area contributed by atoms with E-state index in [2.05, 4.69) is 10.6 Å². The second-order valence-corrected chi connectivity index (χ2v) is 7.93. The van der Waals surface area contributed by atoms with Crippen LogP contribution in [0, 0.1) is 0 Å². The van der Waals surface area contributed by atoms with Crippen LogP contribution in [0.5, 0.6) is 0 Å². The number of carbonyl (C=O) groups is 3. The number of hydrogen-bond donors (Lipinski definition) is 2. The molecule has 29 heavy (non-hydrogen) atoms. The third-order valence-corrected chi connectivity index (χ3v) is 5.74. The van der Waals surface area contributed by atoms with Crippen molar-refractivity contribution < 1.29 is 19.1 Å². The zero-order valence-electron chi connectivity index (χ0n) is 16.9. The van der Waals surface area contributed by atoms with E-state index in [1.807, 2.05) is 0 Å². The van der Waals surface area contributed by atoms with E-state index in [9.17, 15) is 14.4 Å². The lowest BCUT2D eigenvalue weighted by atomic mass is 9.95. The maximum Gasteiger partial charge on any atom is 0.322 e. The lowest BCUT2D eigenvalue weighted by Gasteiger charge is -2.34. The highest BCUT2D eigenvalue weighted by Gasteiger charge is 2.49. The predicted molar refractivity (Wildman–Crippen MR) is 108 cm³/mol. The lowest BCUT2D eigenvalue weighted by molar-refractivity contribution is -0.141. The fraction of sp³-hybridized carbons (Fsp3) is 0.450. The molecular weight excluding hydrogens is 396 g/mol. The zero-order chi connectivity index (χ0) is 21.3. The van der Waals surface area contributed by atoms with Gasteiger partial charge in [0.2, 0.25) is 5.91 Å². The molecule has 2 aliphatic rings. The molecule has 0 bridgehead atoms. The molecule has 0 aliphatic carbocycles. The van der Waals surface area contributed by atoms with Gasteiger partial charge in [-0.15, -0.1) is 0 Å². The van der Waals surface area contributed by atoms with Gasteiger partial charge in [-0.05, 0) is 25.5 Å². The van der Waals surface area contributed by atoms with Gasteiger partial charge in [0.25, 0.3) is 5.91 Å². The van der Waals surface area contributed by atoms with Gasteiger partial charge in [-0.3, -0.25) is 14.5 Å². The third-order valence-electron chi connectivity index (χ3n) is 5.40. The van der Waals surface area contributed by atoms with Gasteiger partial charge in [0.1, 0.15) is 5.54 Å². The van der Waals surface area contributed by atoms with Gasteiger partial charge in [0.05, 0.1) is 30.5 Å². The number of ether oxygens (including phenoxy) is 1. The largest absolute Gasteiger partial charge is 0.383 e. The van der Waals surface area contributed by atoms with Gasteiger partial charge >= 0.3 is 6.03 Å². The number of amides is 4. The van der Waals surface area contributed by atoms with Crippen LogP contribution in [0.2, 0.25) is 5.02 Å². The third kappa shape index (κ3) is 3.70. The summed E-state index contributed by atoms with van der Waals surface area (Å²) >= 11 is 6.34. The Morgan fingerprint density at radius 3 is 2.69 bits per heavy atom. The van der Waals surface area contributed by atoms with E-state index < -0.39 is 11.6 Å². The molecule has 0 unspecified atom stereocenters. The summed E-state index contributed by atoms with van der Waals surface area (Å²) in [4.78, 5) is 41.6. The van der Waals surface area contributed by atoms with Crippen molar-refractivity contribution in [2.75, 3.05) is 33.9 Å². The van der Waals surface area contributed by atoms with Crippen molar-refractivity contribution in [3.05, 3.63) is 46.1 Å². The van der Waals surface area contributed by atoms with E-state index in [-0.39, 0.29) is 24.4 Å². The Hall–Kier alpha value is -2.58. The van der Waals surface area contributed by atoms with Gasteiger partial charge in [-0.2, -0.15) is 0 Å². The smallest absolute Gasteiger partial charge is 0.322 e. The van der Waals surface area contributed by atoms with E-state index in [4.69, 9.17) is 16.3 Å². The fourth-order valence-electron chi connectivity index (χ4n) is 3.57. The number of urea groups is 1. The molecule has 2 aliphatic heterocycles. The van der Waals surface area contributed by atoms with Crippen molar-refractivity contribution in [3.8, 4) is 0 Å². The van der Waals surface area contributed by atoms with E-state index in [1.54, 1.807) is 52.3 Å². The number of rotatable bonds is 6. The van der Waals surface area contributed by atoms with E-state index >= 15 is 0 Å². The Morgan fingerprint density at radius 2 is 2.03 bits per heavy atom. The highest BCUT2D eigenvalue weighted by Crippen LogP contribution is 2.40. The monoisotopic (exact) mass is 420 g/mol. The second kappa shape index (κ2) is 8.04. The summed E-state index contributed by atoms with van der Waals surface area (Å²) in [6, 6.07) is 6.08. The summed E-state index contributed by atoms with van der Waals surface area (Å²) in [5.74, 6) is -0.595. The lowest BCUT2D eigenvalue weighted by Crippen LogP contribution is -2.56. The number of hydrogen-bond acceptors (Lipinski definition) is 4. The van der Waals surface area contributed by atoms with E-state index in [1.165, 1.54) is 9.80 Å². The molecule has 4 amide bonds. The molecule has 156 valence electrons. The van der Waals surface area contributed by atoms with Crippen LogP contribution < -0.4 is 10.6 Å². The van der Waals surface area contributed by atoms with Gasteiger partial charge in [-0.1, -0.05) is 29.8 Å². The Bertz CT molecular complexity index is 883. The van der Waals surface area contributed by atoms with Crippen LogP contribution in [0.25, 0.3) is 0 Å².